The predicted molar refractivity (Wildman–Crippen MR) is 61.5 cm³/mol. The standard InChI is InChI=1S/C12H23NO3/c1-15-11-4-2-3-10(7-11)13-5-6-16-12(8-13)9-14/h10-12,14H,2-9H2,1H3. The predicted octanol–water partition coefficient (Wildman–Crippen LogP) is 0.637. The van der Waals surface area contributed by atoms with Crippen molar-refractivity contribution in [2.45, 2.75) is 43.9 Å². The Morgan fingerprint density at radius 3 is 3.06 bits per heavy atom. The maximum Gasteiger partial charge on any atom is 0.0932 e. The number of methoxy groups -OCH3 is 1. The molecule has 0 bridgehead atoms. The lowest BCUT2D eigenvalue weighted by Gasteiger charge is -2.41. The van der Waals surface area contributed by atoms with Gasteiger partial charge in [0.1, 0.15) is 0 Å². The number of nitrogens with zero attached hydrogens (tertiary/aromatic N) is 1. The van der Waals surface area contributed by atoms with Crippen molar-refractivity contribution >= 4 is 0 Å². The largest absolute Gasteiger partial charge is 0.394 e. The average Bonchev–Trinajstić information content (AvgIpc) is 2.39. The minimum absolute atomic E-state index is 0.0108. The van der Waals surface area contributed by atoms with E-state index in [0.29, 0.717) is 12.1 Å². The van der Waals surface area contributed by atoms with Crippen LogP contribution in [-0.2, 0) is 9.47 Å². The molecule has 1 saturated heterocycles. The van der Waals surface area contributed by atoms with Crippen LogP contribution in [-0.4, -0.2) is 61.7 Å². The molecule has 2 aliphatic rings. The van der Waals surface area contributed by atoms with Gasteiger partial charge in [0.2, 0.25) is 0 Å². The minimum Gasteiger partial charge on any atom is -0.394 e. The van der Waals surface area contributed by atoms with Crippen LogP contribution in [0.15, 0.2) is 0 Å². The van der Waals surface area contributed by atoms with Gasteiger partial charge in [-0.3, -0.25) is 4.90 Å². The lowest BCUT2D eigenvalue weighted by Crippen LogP contribution is -2.50. The van der Waals surface area contributed by atoms with Crippen molar-refractivity contribution in [2.75, 3.05) is 33.4 Å². The number of morpholine rings is 1. The van der Waals surface area contributed by atoms with Crippen LogP contribution < -0.4 is 0 Å². The highest BCUT2D eigenvalue weighted by atomic mass is 16.5. The topological polar surface area (TPSA) is 41.9 Å². The maximum atomic E-state index is 9.13. The highest BCUT2D eigenvalue weighted by Gasteiger charge is 2.30. The molecule has 1 saturated carbocycles. The van der Waals surface area contributed by atoms with Gasteiger partial charge in [-0.1, -0.05) is 0 Å². The van der Waals surface area contributed by atoms with E-state index < -0.39 is 0 Å². The highest BCUT2D eigenvalue weighted by molar-refractivity contribution is 4.84. The van der Waals surface area contributed by atoms with E-state index in [9.17, 15) is 0 Å². The molecule has 4 heteroatoms. The van der Waals surface area contributed by atoms with E-state index in [1.807, 2.05) is 7.11 Å². The number of aliphatic hydroxyl groups is 1. The first-order valence-corrected chi connectivity index (χ1v) is 6.32. The van der Waals surface area contributed by atoms with Crippen LogP contribution in [0, 0.1) is 0 Å². The molecule has 1 aliphatic carbocycles. The summed E-state index contributed by atoms with van der Waals surface area (Å²) in [4.78, 5) is 2.47. The molecule has 3 atom stereocenters. The van der Waals surface area contributed by atoms with Crippen molar-refractivity contribution < 1.29 is 14.6 Å². The molecular weight excluding hydrogens is 206 g/mol. The highest BCUT2D eigenvalue weighted by Crippen LogP contribution is 2.26. The SMILES string of the molecule is COC1CCCC(N2CCOC(CO)C2)C1. The van der Waals surface area contributed by atoms with E-state index in [1.165, 1.54) is 19.3 Å². The van der Waals surface area contributed by atoms with Gasteiger partial charge in [0.05, 0.1) is 25.4 Å². The smallest absolute Gasteiger partial charge is 0.0932 e. The molecule has 16 heavy (non-hydrogen) atoms. The third kappa shape index (κ3) is 2.94. The van der Waals surface area contributed by atoms with Crippen molar-refractivity contribution in [1.82, 2.24) is 4.90 Å². The van der Waals surface area contributed by atoms with E-state index in [4.69, 9.17) is 14.6 Å². The van der Waals surface area contributed by atoms with E-state index >= 15 is 0 Å². The maximum absolute atomic E-state index is 9.13. The summed E-state index contributed by atoms with van der Waals surface area (Å²) in [7, 11) is 1.81. The molecule has 1 heterocycles. The molecular formula is C12H23NO3. The van der Waals surface area contributed by atoms with Gasteiger partial charge in [0, 0.05) is 26.2 Å². The van der Waals surface area contributed by atoms with Crippen LogP contribution in [0.3, 0.4) is 0 Å². The molecule has 0 aromatic heterocycles. The summed E-state index contributed by atoms with van der Waals surface area (Å²) in [6.45, 7) is 2.76. The van der Waals surface area contributed by atoms with Gasteiger partial charge in [0.25, 0.3) is 0 Å². The van der Waals surface area contributed by atoms with Crippen LogP contribution >= 0.6 is 0 Å². The Kier molecular flexibility index (Phi) is 4.58. The van der Waals surface area contributed by atoms with Gasteiger partial charge in [-0.25, -0.2) is 0 Å². The summed E-state index contributed by atoms with van der Waals surface area (Å²) in [5.74, 6) is 0. The van der Waals surface area contributed by atoms with Crippen LogP contribution in [0.25, 0.3) is 0 Å². The normalized spacial score (nSPS) is 37.5. The van der Waals surface area contributed by atoms with Crippen molar-refractivity contribution in [2.24, 2.45) is 0 Å². The van der Waals surface area contributed by atoms with Gasteiger partial charge >= 0.3 is 0 Å². The Labute approximate surface area is 97.5 Å². The zero-order valence-electron chi connectivity index (χ0n) is 10.1. The van der Waals surface area contributed by atoms with Crippen LogP contribution in [0.5, 0.6) is 0 Å². The van der Waals surface area contributed by atoms with Gasteiger partial charge in [0.15, 0.2) is 0 Å². The molecule has 1 aliphatic heterocycles. The Morgan fingerprint density at radius 1 is 1.44 bits per heavy atom. The van der Waals surface area contributed by atoms with Crippen molar-refractivity contribution in [3.63, 3.8) is 0 Å². The van der Waals surface area contributed by atoms with Gasteiger partial charge < -0.3 is 14.6 Å². The molecule has 4 nitrogen and oxygen atoms in total. The molecule has 2 rings (SSSR count). The lowest BCUT2D eigenvalue weighted by atomic mass is 9.91. The van der Waals surface area contributed by atoms with Gasteiger partial charge in [-0.05, 0) is 25.7 Å². The minimum atomic E-state index is 0.0108. The molecule has 0 aromatic rings. The monoisotopic (exact) mass is 229 g/mol. The fourth-order valence-corrected chi connectivity index (χ4v) is 2.85. The summed E-state index contributed by atoms with van der Waals surface area (Å²) in [6.07, 6.45) is 5.28. The molecule has 3 unspecified atom stereocenters. The molecule has 0 aromatic carbocycles. The van der Waals surface area contributed by atoms with Crippen LogP contribution in [0.2, 0.25) is 0 Å². The number of ether oxygens (including phenoxy) is 2. The molecule has 94 valence electrons. The number of aliphatic hydroxyl groups excluding tert-OH is 1. The second kappa shape index (κ2) is 5.96. The number of hydrogen-bond acceptors (Lipinski definition) is 4. The lowest BCUT2D eigenvalue weighted by molar-refractivity contribution is -0.0769. The van der Waals surface area contributed by atoms with Crippen molar-refractivity contribution in [3.05, 3.63) is 0 Å². The molecule has 0 amide bonds. The molecule has 0 spiro atoms. The zero-order chi connectivity index (χ0) is 11.4. The van der Waals surface area contributed by atoms with Crippen molar-refractivity contribution in [3.8, 4) is 0 Å². The summed E-state index contributed by atoms with van der Waals surface area (Å²) < 4.78 is 10.9. The summed E-state index contributed by atoms with van der Waals surface area (Å²) in [6, 6.07) is 0.622. The van der Waals surface area contributed by atoms with Crippen LogP contribution in [0.4, 0.5) is 0 Å². The quantitative estimate of drug-likeness (QED) is 0.771. The summed E-state index contributed by atoms with van der Waals surface area (Å²) in [5.41, 5.74) is 0. The van der Waals surface area contributed by atoms with E-state index in [1.54, 1.807) is 0 Å². The van der Waals surface area contributed by atoms with E-state index in [2.05, 4.69) is 4.90 Å². The first-order valence-electron chi connectivity index (χ1n) is 6.32. The molecule has 1 N–H and O–H groups in total. The molecule has 2 fully saturated rings. The Balaban J connectivity index is 1.85. The first-order chi connectivity index (χ1) is 7.83. The Morgan fingerprint density at radius 2 is 2.31 bits per heavy atom. The summed E-state index contributed by atoms with van der Waals surface area (Å²) in [5, 5.41) is 9.13. The second-order valence-corrected chi connectivity index (χ2v) is 4.85. The van der Waals surface area contributed by atoms with Crippen LogP contribution in [0.1, 0.15) is 25.7 Å². The van der Waals surface area contributed by atoms with E-state index in [-0.39, 0.29) is 12.7 Å². The zero-order valence-corrected chi connectivity index (χ0v) is 10.1. The van der Waals surface area contributed by atoms with Gasteiger partial charge in [-0.2, -0.15) is 0 Å². The Hall–Kier alpha value is -0.160. The fourth-order valence-electron chi connectivity index (χ4n) is 2.85. The second-order valence-electron chi connectivity index (χ2n) is 4.85. The number of hydrogen-bond donors (Lipinski definition) is 1. The fraction of sp³-hybridized carbons (Fsp3) is 1.00. The Bertz CT molecular complexity index is 190. The summed E-state index contributed by atoms with van der Waals surface area (Å²) >= 11 is 0. The molecule has 0 radical (unpaired) electrons. The van der Waals surface area contributed by atoms with Crippen molar-refractivity contribution in [1.29, 1.82) is 0 Å². The average molecular weight is 229 g/mol. The number of rotatable bonds is 3. The van der Waals surface area contributed by atoms with Gasteiger partial charge in [-0.15, -0.1) is 0 Å². The first kappa shape index (κ1) is 12.3. The third-order valence-electron chi connectivity index (χ3n) is 3.82. The van der Waals surface area contributed by atoms with E-state index in [0.717, 1.165) is 26.1 Å². The third-order valence-corrected chi connectivity index (χ3v) is 3.82.